The van der Waals surface area contributed by atoms with Crippen LogP contribution in [0.5, 0.6) is 5.75 Å². The summed E-state index contributed by atoms with van der Waals surface area (Å²) in [5, 5.41) is 3.33. The summed E-state index contributed by atoms with van der Waals surface area (Å²) in [5.74, 6) is 0.789. The van der Waals surface area contributed by atoms with E-state index in [0.717, 1.165) is 29.9 Å². The van der Waals surface area contributed by atoms with E-state index in [-0.39, 0.29) is 18.4 Å². The van der Waals surface area contributed by atoms with Gasteiger partial charge in [-0.15, -0.1) is 11.3 Å². The minimum absolute atomic E-state index is 0.00106. The highest BCUT2D eigenvalue weighted by Crippen LogP contribution is 2.18. The number of hydrogen-bond acceptors (Lipinski definition) is 5. The highest BCUT2D eigenvalue weighted by Gasteiger charge is 2.20. The number of nitrogens with one attached hydrogen (secondary N) is 1. The third kappa shape index (κ3) is 7.85. The largest absolute Gasteiger partial charge is 0.494 e. The number of amides is 2. The lowest BCUT2D eigenvalue weighted by Crippen LogP contribution is -2.39. The second-order valence-electron chi connectivity index (χ2n) is 7.46. The predicted molar refractivity (Wildman–Crippen MR) is 118 cm³/mol. The lowest BCUT2D eigenvalue weighted by molar-refractivity contribution is -0.116. The molecule has 6 nitrogen and oxygen atoms in total. The zero-order chi connectivity index (χ0) is 21.2. The molecule has 0 radical (unpaired) electrons. The first-order valence-corrected chi connectivity index (χ1v) is 10.9. The highest BCUT2D eigenvalue weighted by molar-refractivity contribution is 7.15. The van der Waals surface area contributed by atoms with Crippen molar-refractivity contribution >= 4 is 28.3 Å². The van der Waals surface area contributed by atoms with E-state index in [1.54, 1.807) is 23.2 Å². The number of hydrogen-bond donors (Lipinski definition) is 1. The standard InChI is InChI=1S/C22H31N3O3S/c1-5-6-13-28-19-9-7-18(8-10-19)21(27)25(12-11-16(2)3)15-20(26)24-22-23-14-17(4)29-22/h7-10,14,16H,5-6,11-13,15H2,1-4H3,(H,23,24,26). The quantitative estimate of drug-likeness (QED) is 0.535. The minimum Gasteiger partial charge on any atom is -0.494 e. The fourth-order valence-electron chi connectivity index (χ4n) is 2.62. The number of thiazole rings is 1. The van der Waals surface area contributed by atoms with Crippen molar-refractivity contribution in [2.45, 2.75) is 47.0 Å². The van der Waals surface area contributed by atoms with Crippen LogP contribution in [0.4, 0.5) is 5.13 Å². The van der Waals surface area contributed by atoms with Crippen LogP contribution in [0.25, 0.3) is 0 Å². The fourth-order valence-corrected chi connectivity index (χ4v) is 3.30. The average molecular weight is 418 g/mol. The second-order valence-corrected chi connectivity index (χ2v) is 8.69. The van der Waals surface area contributed by atoms with Gasteiger partial charge in [-0.3, -0.25) is 9.59 Å². The van der Waals surface area contributed by atoms with Gasteiger partial charge in [0.05, 0.1) is 6.61 Å². The van der Waals surface area contributed by atoms with Crippen molar-refractivity contribution < 1.29 is 14.3 Å². The lowest BCUT2D eigenvalue weighted by Gasteiger charge is -2.23. The van der Waals surface area contributed by atoms with Crippen LogP contribution in [0.1, 0.15) is 55.3 Å². The van der Waals surface area contributed by atoms with Crippen LogP contribution in [0.3, 0.4) is 0 Å². The molecule has 0 atom stereocenters. The second kappa shape index (κ2) is 11.6. The van der Waals surface area contributed by atoms with E-state index in [2.05, 4.69) is 31.1 Å². The van der Waals surface area contributed by atoms with Gasteiger partial charge in [-0.05, 0) is 49.9 Å². The SMILES string of the molecule is CCCCOc1ccc(C(=O)N(CCC(C)C)CC(=O)Nc2ncc(C)s2)cc1. The monoisotopic (exact) mass is 417 g/mol. The molecule has 0 spiro atoms. The molecular formula is C22H31N3O3S. The molecule has 2 amide bonds. The number of benzene rings is 1. The molecule has 1 aromatic carbocycles. The van der Waals surface area contributed by atoms with Crippen molar-refractivity contribution in [2.75, 3.05) is 25.0 Å². The van der Waals surface area contributed by atoms with Gasteiger partial charge in [0, 0.05) is 23.2 Å². The summed E-state index contributed by atoms with van der Waals surface area (Å²) >= 11 is 1.42. The van der Waals surface area contributed by atoms with Crippen molar-refractivity contribution in [3.8, 4) is 5.75 Å². The summed E-state index contributed by atoms with van der Waals surface area (Å²) in [6.45, 7) is 9.44. The predicted octanol–water partition coefficient (Wildman–Crippen LogP) is 4.76. The molecule has 0 fully saturated rings. The van der Waals surface area contributed by atoms with E-state index < -0.39 is 0 Å². The zero-order valence-electron chi connectivity index (χ0n) is 17.7. The number of nitrogens with zero attached hydrogens (tertiary/aromatic N) is 2. The molecule has 1 heterocycles. The summed E-state index contributed by atoms with van der Waals surface area (Å²) in [5.41, 5.74) is 0.550. The molecule has 158 valence electrons. The minimum atomic E-state index is -0.240. The summed E-state index contributed by atoms with van der Waals surface area (Å²) in [6.07, 6.45) is 4.61. The van der Waals surface area contributed by atoms with Gasteiger partial charge >= 0.3 is 0 Å². The maximum atomic E-state index is 13.0. The Kier molecular flexibility index (Phi) is 9.12. The van der Waals surface area contributed by atoms with Gasteiger partial charge in [-0.25, -0.2) is 4.98 Å². The fraction of sp³-hybridized carbons (Fsp3) is 0.500. The first-order valence-electron chi connectivity index (χ1n) is 10.1. The molecule has 0 aliphatic carbocycles. The van der Waals surface area contributed by atoms with Crippen LogP contribution in [-0.4, -0.2) is 41.4 Å². The topological polar surface area (TPSA) is 71.5 Å². The van der Waals surface area contributed by atoms with Crippen LogP contribution in [0.15, 0.2) is 30.5 Å². The van der Waals surface area contributed by atoms with Crippen molar-refractivity contribution in [1.29, 1.82) is 0 Å². The molecule has 7 heteroatoms. The number of carbonyl (C=O) groups excluding carboxylic acids is 2. The Morgan fingerprint density at radius 3 is 2.55 bits per heavy atom. The number of carbonyl (C=O) groups is 2. The molecular weight excluding hydrogens is 386 g/mol. The van der Waals surface area contributed by atoms with Gasteiger partial charge in [0.1, 0.15) is 12.3 Å². The van der Waals surface area contributed by atoms with Gasteiger partial charge in [-0.1, -0.05) is 27.2 Å². The Morgan fingerprint density at radius 1 is 1.24 bits per heavy atom. The van der Waals surface area contributed by atoms with Crippen molar-refractivity contribution in [3.63, 3.8) is 0 Å². The number of unbranched alkanes of at least 4 members (excludes halogenated alkanes) is 1. The van der Waals surface area contributed by atoms with E-state index >= 15 is 0 Å². The third-order valence-electron chi connectivity index (χ3n) is 4.33. The molecule has 0 aliphatic heterocycles. The Balaban J connectivity index is 2.03. The molecule has 1 N–H and O–H groups in total. The maximum absolute atomic E-state index is 13.0. The van der Waals surface area contributed by atoms with Crippen LogP contribution in [0, 0.1) is 12.8 Å². The maximum Gasteiger partial charge on any atom is 0.254 e. The van der Waals surface area contributed by atoms with Crippen molar-refractivity contribution in [2.24, 2.45) is 5.92 Å². The van der Waals surface area contributed by atoms with Crippen LogP contribution in [-0.2, 0) is 4.79 Å². The summed E-state index contributed by atoms with van der Waals surface area (Å²) in [4.78, 5) is 32.2. The molecule has 0 unspecified atom stereocenters. The van der Waals surface area contributed by atoms with Gasteiger partial charge < -0.3 is 15.0 Å². The Bertz CT molecular complexity index is 787. The van der Waals surface area contributed by atoms with E-state index in [1.807, 2.05) is 19.1 Å². The van der Waals surface area contributed by atoms with Crippen LogP contribution < -0.4 is 10.1 Å². The molecule has 29 heavy (non-hydrogen) atoms. The van der Waals surface area contributed by atoms with Crippen molar-refractivity contribution in [1.82, 2.24) is 9.88 Å². The summed E-state index contributed by atoms with van der Waals surface area (Å²) in [6, 6.07) is 7.13. The average Bonchev–Trinajstić information content (AvgIpc) is 3.09. The summed E-state index contributed by atoms with van der Waals surface area (Å²) in [7, 11) is 0. The number of aryl methyl sites for hydroxylation is 1. The van der Waals surface area contributed by atoms with E-state index in [0.29, 0.717) is 29.8 Å². The van der Waals surface area contributed by atoms with Gasteiger partial charge in [0.2, 0.25) is 5.91 Å². The normalized spacial score (nSPS) is 10.8. The first-order chi connectivity index (χ1) is 13.9. The zero-order valence-corrected chi connectivity index (χ0v) is 18.6. The van der Waals surface area contributed by atoms with Gasteiger partial charge in [-0.2, -0.15) is 0 Å². The van der Waals surface area contributed by atoms with Crippen molar-refractivity contribution in [3.05, 3.63) is 40.9 Å². The lowest BCUT2D eigenvalue weighted by atomic mass is 10.1. The van der Waals surface area contributed by atoms with E-state index in [1.165, 1.54) is 11.3 Å². The molecule has 0 bridgehead atoms. The van der Waals surface area contributed by atoms with Gasteiger partial charge in [0.15, 0.2) is 5.13 Å². The van der Waals surface area contributed by atoms with Gasteiger partial charge in [0.25, 0.3) is 5.91 Å². The molecule has 0 aliphatic rings. The Labute approximate surface area is 177 Å². The summed E-state index contributed by atoms with van der Waals surface area (Å²) < 4.78 is 5.66. The molecule has 0 saturated carbocycles. The highest BCUT2D eigenvalue weighted by atomic mass is 32.1. The number of aromatic nitrogens is 1. The van der Waals surface area contributed by atoms with Crippen LogP contribution in [0.2, 0.25) is 0 Å². The Hall–Kier alpha value is -2.41. The number of anilines is 1. The molecule has 2 aromatic rings. The first kappa shape index (κ1) is 22.9. The van der Waals surface area contributed by atoms with E-state index in [4.69, 9.17) is 4.74 Å². The number of rotatable bonds is 11. The molecule has 0 saturated heterocycles. The number of ether oxygens (including phenoxy) is 1. The smallest absolute Gasteiger partial charge is 0.254 e. The van der Waals surface area contributed by atoms with E-state index in [9.17, 15) is 9.59 Å². The third-order valence-corrected chi connectivity index (χ3v) is 5.16. The van der Waals surface area contributed by atoms with Crippen LogP contribution >= 0.6 is 11.3 Å². The molecule has 2 rings (SSSR count). The molecule has 1 aromatic heterocycles. The Morgan fingerprint density at radius 2 is 1.97 bits per heavy atom.